The quantitative estimate of drug-likeness (QED) is 0.672. The number of carbonyl (C=O) groups is 2. The van der Waals surface area contributed by atoms with Crippen LogP contribution in [0.3, 0.4) is 0 Å². The maximum Gasteiger partial charge on any atom is 0.318 e. The molecule has 1 aromatic carbocycles. The third-order valence-electron chi connectivity index (χ3n) is 2.23. The fourth-order valence-corrected chi connectivity index (χ4v) is 1.46. The largest absolute Gasteiger partial charge is 0.493 e. The van der Waals surface area contributed by atoms with Gasteiger partial charge in [-0.25, -0.2) is 4.79 Å². The summed E-state index contributed by atoms with van der Waals surface area (Å²) in [5, 5.41) is 4.91. The highest BCUT2D eigenvalue weighted by molar-refractivity contribution is 5.94. The van der Waals surface area contributed by atoms with Gasteiger partial charge in [-0.1, -0.05) is 6.07 Å². The Hall–Kier alpha value is -2.28. The van der Waals surface area contributed by atoms with Gasteiger partial charge in [-0.15, -0.1) is 0 Å². The van der Waals surface area contributed by atoms with E-state index in [2.05, 4.69) is 5.32 Å². The number of urea groups is 1. The van der Waals surface area contributed by atoms with Gasteiger partial charge >= 0.3 is 6.03 Å². The molecule has 0 heterocycles. The van der Waals surface area contributed by atoms with Crippen LogP contribution >= 0.6 is 0 Å². The van der Waals surface area contributed by atoms with Gasteiger partial charge in [-0.05, 0) is 24.7 Å². The summed E-state index contributed by atoms with van der Waals surface area (Å²) in [5.74, 6) is 0.315. The number of hydrogen-bond acceptors (Lipinski definition) is 5. The summed E-state index contributed by atoms with van der Waals surface area (Å²) < 4.78 is 10.4. The van der Waals surface area contributed by atoms with E-state index in [9.17, 15) is 9.59 Å². The SMILES string of the molecule is CNCc1ccc(OC)c(OCC(=O)NC(N)=O)c1. The number of imide groups is 1. The van der Waals surface area contributed by atoms with Crippen LogP contribution in [0.4, 0.5) is 4.79 Å². The van der Waals surface area contributed by atoms with Crippen molar-refractivity contribution in [2.75, 3.05) is 20.8 Å². The lowest BCUT2D eigenvalue weighted by molar-refractivity contribution is -0.121. The number of benzene rings is 1. The summed E-state index contributed by atoms with van der Waals surface area (Å²) in [6.45, 7) is 0.343. The van der Waals surface area contributed by atoms with Crippen LogP contribution in [0.1, 0.15) is 5.56 Å². The van der Waals surface area contributed by atoms with Crippen molar-refractivity contribution in [2.24, 2.45) is 5.73 Å². The molecule has 0 saturated carbocycles. The van der Waals surface area contributed by atoms with E-state index >= 15 is 0 Å². The molecular weight excluding hydrogens is 250 g/mol. The Balaban J connectivity index is 2.71. The monoisotopic (exact) mass is 267 g/mol. The number of nitrogens with one attached hydrogen (secondary N) is 2. The van der Waals surface area contributed by atoms with Crippen LogP contribution in [0.5, 0.6) is 11.5 Å². The number of rotatable bonds is 6. The van der Waals surface area contributed by atoms with E-state index in [4.69, 9.17) is 15.2 Å². The van der Waals surface area contributed by atoms with Crippen LogP contribution in [0.2, 0.25) is 0 Å². The zero-order valence-electron chi connectivity index (χ0n) is 10.9. The van der Waals surface area contributed by atoms with Crippen LogP contribution in [0.15, 0.2) is 18.2 Å². The second-order valence-electron chi connectivity index (χ2n) is 3.72. The number of carbonyl (C=O) groups excluding carboxylic acids is 2. The molecule has 104 valence electrons. The number of nitrogens with two attached hydrogens (primary N) is 1. The molecule has 0 bridgehead atoms. The normalized spacial score (nSPS) is 9.79. The molecule has 0 aliphatic rings. The predicted molar refractivity (Wildman–Crippen MR) is 69.0 cm³/mol. The van der Waals surface area contributed by atoms with Crippen LogP contribution < -0.4 is 25.8 Å². The van der Waals surface area contributed by atoms with Gasteiger partial charge in [0, 0.05) is 6.54 Å². The van der Waals surface area contributed by atoms with Gasteiger partial charge in [0.2, 0.25) is 0 Å². The minimum absolute atomic E-state index is 0.317. The molecule has 0 fully saturated rings. The Morgan fingerprint density at radius 1 is 1.32 bits per heavy atom. The Bertz CT molecular complexity index is 462. The second kappa shape index (κ2) is 7.22. The predicted octanol–water partition coefficient (Wildman–Crippen LogP) is -0.0117. The molecule has 0 aliphatic heterocycles. The maximum atomic E-state index is 11.2. The summed E-state index contributed by atoms with van der Waals surface area (Å²) in [5.41, 5.74) is 5.80. The highest BCUT2D eigenvalue weighted by Gasteiger charge is 2.09. The number of hydrogen-bond donors (Lipinski definition) is 3. The number of methoxy groups -OCH3 is 1. The minimum atomic E-state index is -0.913. The van der Waals surface area contributed by atoms with E-state index in [1.165, 1.54) is 7.11 Å². The lowest BCUT2D eigenvalue weighted by atomic mass is 10.2. The van der Waals surface area contributed by atoms with Crippen molar-refractivity contribution in [2.45, 2.75) is 6.54 Å². The number of ether oxygens (including phenoxy) is 2. The molecular formula is C12H17N3O4. The van der Waals surface area contributed by atoms with Gasteiger partial charge < -0.3 is 20.5 Å². The first-order chi connectivity index (χ1) is 9.06. The topological polar surface area (TPSA) is 103 Å². The van der Waals surface area contributed by atoms with Crippen molar-refractivity contribution < 1.29 is 19.1 Å². The van der Waals surface area contributed by atoms with E-state index in [1.807, 2.05) is 18.4 Å². The minimum Gasteiger partial charge on any atom is -0.493 e. The van der Waals surface area contributed by atoms with E-state index in [0.717, 1.165) is 5.56 Å². The fourth-order valence-electron chi connectivity index (χ4n) is 1.46. The molecule has 1 rings (SSSR count). The summed E-state index contributed by atoms with van der Waals surface area (Å²) >= 11 is 0. The van der Waals surface area contributed by atoms with Crippen molar-refractivity contribution in [3.63, 3.8) is 0 Å². The van der Waals surface area contributed by atoms with Crippen LogP contribution in [0, 0.1) is 0 Å². The second-order valence-corrected chi connectivity index (χ2v) is 3.72. The van der Waals surface area contributed by atoms with E-state index in [0.29, 0.717) is 18.0 Å². The molecule has 0 spiro atoms. The van der Waals surface area contributed by atoms with Crippen molar-refractivity contribution in [1.82, 2.24) is 10.6 Å². The average Bonchev–Trinajstić information content (AvgIpc) is 2.36. The molecule has 19 heavy (non-hydrogen) atoms. The fraction of sp³-hybridized carbons (Fsp3) is 0.333. The molecule has 0 aliphatic carbocycles. The third-order valence-corrected chi connectivity index (χ3v) is 2.23. The Morgan fingerprint density at radius 3 is 2.63 bits per heavy atom. The molecule has 7 heteroatoms. The molecule has 0 aromatic heterocycles. The Labute approximate surface area is 111 Å². The van der Waals surface area contributed by atoms with Gasteiger partial charge in [-0.3, -0.25) is 10.1 Å². The molecule has 1 aromatic rings. The summed E-state index contributed by atoms with van der Waals surface area (Å²) in [6, 6.07) is 4.47. The van der Waals surface area contributed by atoms with Gasteiger partial charge in [0.05, 0.1) is 7.11 Å². The van der Waals surface area contributed by atoms with Gasteiger partial charge in [0.15, 0.2) is 18.1 Å². The number of amides is 3. The van der Waals surface area contributed by atoms with Crippen LogP contribution in [-0.2, 0) is 11.3 Å². The first-order valence-corrected chi connectivity index (χ1v) is 5.60. The van der Waals surface area contributed by atoms with Crippen molar-refractivity contribution >= 4 is 11.9 Å². The molecule has 0 saturated heterocycles. The maximum absolute atomic E-state index is 11.2. The summed E-state index contributed by atoms with van der Waals surface area (Å²) in [6.07, 6.45) is 0. The third kappa shape index (κ3) is 4.84. The lowest BCUT2D eigenvalue weighted by Gasteiger charge is -2.11. The van der Waals surface area contributed by atoms with Crippen molar-refractivity contribution in [3.05, 3.63) is 23.8 Å². The lowest BCUT2D eigenvalue weighted by Crippen LogP contribution is -2.38. The van der Waals surface area contributed by atoms with E-state index in [1.54, 1.807) is 12.1 Å². The van der Waals surface area contributed by atoms with Gasteiger partial charge in [0.25, 0.3) is 5.91 Å². The van der Waals surface area contributed by atoms with Crippen molar-refractivity contribution in [3.8, 4) is 11.5 Å². The van der Waals surface area contributed by atoms with Crippen LogP contribution in [0.25, 0.3) is 0 Å². The zero-order valence-corrected chi connectivity index (χ0v) is 10.9. The smallest absolute Gasteiger partial charge is 0.318 e. The Morgan fingerprint density at radius 2 is 2.05 bits per heavy atom. The summed E-state index contributed by atoms with van der Waals surface area (Å²) in [7, 11) is 3.33. The van der Waals surface area contributed by atoms with Gasteiger partial charge in [-0.2, -0.15) is 0 Å². The number of primary amides is 1. The van der Waals surface area contributed by atoms with E-state index < -0.39 is 11.9 Å². The van der Waals surface area contributed by atoms with Crippen LogP contribution in [-0.4, -0.2) is 32.7 Å². The Kier molecular flexibility index (Phi) is 5.62. The summed E-state index contributed by atoms with van der Waals surface area (Å²) in [4.78, 5) is 21.7. The highest BCUT2D eigenvalue weighted by Crippen LogP contribution is 2.27. The first-order valence-electron chi connectivity index (χ1n) is 5.60. The molecule has 0 unspecified atom stereocenters. The molecule has 0 atom stereocenters. The standard InChI is InChI=1S/C12H17N3O4/c1-14-6-8-3-4-9(18-2)10(5-8)19-7-11(16)15-12(13)17/h3-5,14H,6-7H2,1-2H3,(H3,13,15,16,17). The average molecular weight is 267 g/mol. The first kappa shape index (κ1) is 14.8. The zero-order chi connectivity index (χ0) is 14.3. The molecule has 4 N–H and O–H groups in total. The van der Waals surface area contributed by atoms with Crippen molar-refractivity contribution in [1.29, 1.82) is 0 Å². The molecule has 7 nitrogen and oxygen atoms in total. The highest BCUT2D eigenvalue weighted by atomic mass is 16.5. The van der Waals surface area contributed by atoms with Gasteiger partial charge in [0.1, 0.15) is 0 Å². The molecule has 0 radical (unpaired) electrons. The van der Waals surface area contributed by atoms with E-state index in [-0.39, 0.29) is 6.61 Å². The molecule has 3 amide bonds.